The first-order valence-electron chi connectivity index (χ1n) is 7.25. The van der Waals surface area contributed by atoms with E-state index in [1.165, 1.54) is 19.3 Å². The third kappa shape index (κ3) is 3.86. The van der Waals surface area contributed by atoms with Gasteiger partial charge in [0, 0.05) is 17.8 Å². The van der Waals surface area contributed by atoms with Crippen LogP contribution in [0.15, 0.2) is 0 Å². The maximum absolute atomic E-state index is 10.9. The van der Waals surface area contributed by atoms with Gasteiger partial charge >= 0.3 is 5.97 Å². The van der Waals surface area contributed by atoms with Crippen LogP contribution in [0.3, 0.4) is 0 Å². The Labute approximate surface area is 119 Å². The van der Waals surface area contributed by atoms with E-state index in [2.05, 4.69) is 11.6 Å². The first-order chi connectivity index (χ1) is 9.04. The van der Waals surface area contributed by atoms with Gasteiger partial charge in [-0.2, -0.15) is 11.8 Å². The number of hydrogen-bond acceptors (Lipinski definition) is 4. The second-order valence-electron chi connectivity index (χ2n) is 6.03. The Kier molecular flexibility index (Phi) is 5.15. The minimum atomic E-state index is -0.715. The van der Waals surface area contributed by atoms with Gasteiger partial charge in [0.2, 0.25) is 0 Å². The molecule has 0 amide bonds. The maximum Gasteiger partial charge on any atom is 0.306 e. The molecule has 3 N–H and O–H groups in total. The van der Waals surface area contributed by atoms with Crippen LogP contribution >= 0.6 is 11.8 Å². The van der Waals surface area contributed by atoms with E-state index in [0.29, 0.717) is 43.5 Å². The summed E-state index contributed by atoms with van der Waals surface area (Å²) in [5, 5.41) is 23.7. The lowest BCUT2D eigenvalue weighted by molar-refractivity contribution is -0.144. The average Bonchev–Trinajstić information content (AvgIpc) is 2.84. The van der Waals surface area contributed by atoms with E-state index in [4.69, 9.17) is 5.11 Å². The maximum atomic E-state index is 10.9. The minimum Gasteiger partial charge on any atom is -0.481 e. The molecule has 0 bridgehead atoms. The van der Waals surface area contributed by atoms with Gasteiger partial charge in [-0.3, -0.25) is 4.79 Å². The van der Waals surface area contributed by atoms with Crippen molar-refractivity contribution in [2.45, 2.75) is 61.8 Å². The molecule has 0 aromatic carbocycles. The van der Waals surface area contributed by atoms with E-state index in [9.17, 15) is 9.90 Å². The fraction of sp³-hybridized carbons (Fsp3) is 0.929. The molecule has 110 valence electrons. The molecule has 2 atom stereocenters. The number of carboxylic acid groups (broad SMARTS) is 1. The van der Waals surface area contributed by atoms with Crippen molar-refractivity contribution in [3.05, 3.63) is 0 Å². The summed E-state index contributed by atoms with van der Waals surface area (Å²) in [7, 11) is 0. The molecule has 0 aromatic rings. The van der Waals surface area contributed by atoms with Crippen molar-refractivity contribution in [3.63, 3.8) is 0 Å². The van der Waals surface area contributed by atoms with E-state index in [0.717, 1.165) is 0 Å². The van der Waals surface area contributed by atoms with E-state index < -0.39 is 11.6 Å². The van der Waals surface area contributed by atoms with E-state index in [-0.39, 0.29) is 5.92 Å². The minimum absolute atomic E-state index is 0.259. The number of thioether (sulfide) groups is 1. The largest absolute Gasteiger partial charge is 0.481 e. The highest BCUT2D eigenvalue weighted by molar-refractivity contribution is 7.99. The third-order valence-corrected chi connectivity index (χ3v) is 5.88. The summed E-state index contributed by atoms with van der Waals surface area (Å²) in [6.45, 7) is 0.612. The molecule has 2 unspecified atom stereocenters. The van der Waals surface area contributed by atoms with Gasteiger partial charge in [0.15, 0.2) is 0 Å². The lowest BCUT2D eigenvalue weighted by atomic mass is 9.78. The van der Waals surface area contributed by atoms with E-state index >= 15 is 0 Å². The normalized spacial score (nSPS) is 39.4. The van der Waals surface area contributed by atoms with Crippen LogP contribution in [0.2, 0.25) is 0 Å². The Morgan fingerprint density at radius 2 is 2.00 bits per heavy atom. The van der Waals surface area contributed by atoms with Crippen LogP contribution in [0, 0.1) is 5.92 Å². The molecular weight excluding hydrogens is 262 g/mol. The summed E-state index contributed by atoms with van der Waals surface area (Å²) in [6, 6.07) is 0.510. The highest BCUT2D eigenvalue weighted by Gasteiger charge is 2.37. The zero-order valence-corrected chi connectivity index (χ0v) is 12.4. The molecule has 0 heterocycles. The zero-order chi connectivity index (χ0) is 13.9. The van der Waals surface area contributed by atoms with Crippen molar-refractivity contribution in [1.29, 1.82) is 0 Å². The number of rotatable bonds is 5. The van der Waals surface area contributed by atoms with Gasteiger partial charge in [-0.25, -0.2) is 0 Å². The van der Waals surface area contributed by atoms with Gasteiger partial charge < -0.3 is 15.5 Å². The molecule has 2 aliphatic rings. The Hall–Kier alpha value is -0.260. The molecule has 2 aliphatic carbocycles. The fourth-order valence-electron chi connectivity index (χ4n) is 3.34. The van der Waals surface area contributed by atoms with Gasteiger partial charge in [-0.15, -0.1) is 0 Å². The van der Waals surface area contributed by atoms with Crippen molar-refractivity contribution in [2.75, 3.05) is 12.8 Å². The number of hydrogen-bond donors (Lipinski definition) is 3. The smallest absolute Gasteiger partial charge is 0.306 e. The lowest BCUT2D eigenvalue weighted by Gasteiger charge is -2.36. The zero-order valence-electron chi connectivity index (χ0n) is 11.6. The molecule has 0 saturated heterocycles. The van der Waals surface area contributed by atoms with Crippen LogP contribution < -0.4 is 5.32 Å². The Morgan fingerprint density at radius 3 is 2.58 bits per heavy atom. The van der Waals surface area contributed by atoms with Crippen LogP contribution in [-0.2, 0) is 4.79 Å². The summed E-state index contributed by atoms with van der Waals surface area (Å²) in [4.78, 5) is 10.9. The van der Waals surface area contributed by atoms with Crippen molar-refractivity contribution >= 4 is 17.7 Å². The predicted octanol–water partition coefficient (Wildman–Crippen LogP) is 1.87. The Morgan fingerprint density at radius 1 is 1.32 bits per heavy atom. The quantitative estimate of drug-likeness (QED) is 0.720. The molecule has 0 radical (unpaired) electrons. The summed E-state index contributed by atoms with van der Waals surface area (Å²) in [5.41, 5.74) is -0.697. The van der Waals surface area contributed by atoms with Gasteiger partial charge in [-0.05, 0) is 44.8 Å². The van der Waals surface area contributed by atoms with Crippen molar-refractivity contribution < 1.29 is 15.0 Å². The number of carboxylic acids is 1. The number of carbonyl (C=O) groups is 1. The molecule has 5 heteroatoms. The second kappa shape index (κ2) is 6.46. The molecule has 0 aromatic heterocycles. The van der Waals surface area contributed by atoms with Gasteiger partial charge in [-0.1, -0.05) is 6.42 Å². The molecular formula is C14H25NO3S. The van der Waals surface area contributed by atoms with Crippen molar-refractivity contribution in [3.8, 4) is 0 Å². The van der Waals surface area contributed by atoms with Crippen LogP contribution in [0.5, 0.6) is 0 Å². The summed E-state index contributed by atoms with van der Waals surface area (Å²) >= 11 is 1.91. The Balaban J connectivity index is 1.78. The standard InChI is InChI=1S/C14H25NO3S/c1-19-12-4-2-3-11(12)15-9-14(18)7-5-10(6-8-14)13(16)17/h10-12,15,18H,2-9H2,1H3,(H,16,17). The number of nitrogens with one attached hydrogen (secondary N) is 1. The average molecular weight is 287 g/mol. The first-order valence-corrected chi connectivity index (χ1v) is 8.54. The van der Waals surface area contributed by atoms with Gasteiger partial charge in [0.05, 0.1) is 11.5 Å². The highest BCUT2D eigenvalue weighted by atomic mass is 32.2. The molecule has 2 fully saturated rings. The van der Waals surface area contributed by atoms with Gasteiger partial charge in [0.1, 0.15) is 0 Å². The Bertz CT molecular complexity index is 316. The number of aliphatic carboxylic acids is 1. The predicted molar refractivity (Wildman–Crippen MR) is 77.5 cm³/mol. The molecule has 0 spiro atoms. The summed E-state index contributed by atoms with van der Waals surface area (Å²) in [5.74, 6) is -0.973. The SMILES string of the molecule is CSC1CCCC1NCC1(O)CCC(C(=O)O)CC1. The van der Waals surface area contributed by atoms with Crippen molar-refractivity contribution in [2.24, 2.45) is 5.92 Å². The van der Waals surface area contributed by atoms with Crippen LogP contribution in [0.4, 0.5) is 0 Å². The first kappa shape index (κ1) is 15.1. The topological polar surface area (TPSA) is 69.6 Å². The lowest BCUT2D eigenvalue weighted by Crippen LogP contribution is -2.48. The van der Waals surface area contributed by atoms with E-state index in [1.54, 1.807) is 0 Å². The summed E-state index contributed by atoms with van der Waals surface area (Å²) in [6.07, 6.45) is 8.29. The third-order valence-electron chi connectivity index (χ3n) is 4.71. The van der Waals surface area contributed by atoms with E-state index in [1.807, 2.05) is 11.8 Å². The fourth-order valence-corrected chi connectivity index (χ4v) is 4.30. The molecule has 2 saturated carbocycles. The second-order valence-corrected chi connectivity index (χ2v) is 7.11. The monoisotopic (exact) mass is 287 g/mol. The highest BCUT2D eigenvalue weighted by Crippen LogP contribution is 2.33. The van der Waals surface area contributed by atoms with Crippen molar-refractivity contribution in [1.82, 2.24) is 5.32 Å². The molecule has 19 heavy (non-hydrogen) atoms. The molecule has 4 nitrogen and oxygen atoms in total. The van der Waals surface area contributed by atoms with Gasteiger partial charge in [0.25, 0.3) is 0 Å². The molecule has 2 rings (SSSR count). The number of aliphatic hydroxyl groups is 1. The van der Waals surface area contributed by atoms with Crippen LogP contribution in [0.1, 0.15) is 44.9 Å². The van der Waals surface area contributed by atoms with Crippen LogP contribution in [0.25, 0.3) is 0 Å². The van der Waals surface area contributed by atoms with Crippen LogP contribution in [-0.4, -0.2) is 45.9 Å². The summed E-state index contributed by atoms with van der Waals surface area (Å²) < 4.78 is 0. The molecule has 0 aliphatic heterocycles.